The number of nitrogens with one attached hydrogen (secondary N) is 1. The molecule has 0 spiro atoms. The summed E-state index contributed by atoms with van der Waals surface area (Å²) in [5.41, 5.74) is 3.54. The lowest BCUT2D eigenvalue weighted by Gasteiger charge is -2.36. The molecule has 0 unspecified atom stereocenters. The molecule has 3 aromatic carbocycles. The lowest BCUT2D eigenvalue weighted by atomic mass is 9.99. The molecular weight excluding hydrogens is 592 g/mol. The number of aromatic nitrogens is 3. The highest BCUT2D eigenvalue weighted by molar-refractivity contribution is 5.95. The van der Waals surface area contributed by atoms with Gasteiger partial charge in [0.05, 0.1) is 19.7 Å². The van der Waals surface area contributed by atoms with Gasteiger partial charge < -0.3 is 19.9 Å². The summed E-state index contributed by atoms with van der Waals surface area (Å²) in [5.74, 6) is 1.69. The normalized spacial score (nSPS) is 19.3. The van der Waals surface area contributed by atoms with Crippen LogP contribution in [0, 0.1) is 6.92 Å². The Hall–Kier alpha value is -4.99. The standard InChI is InChI=1S/C37H42N6O4/c1-26-38-35-32(24-27-10-4-3-5-11-27)39-36(45)33-14-6-7-21-42(33)34(44)15-9-20-41(22-23-43(35)40-26)37(46)30-13-8-12-29(25-30)28-16-18-31(47-2)19-17-28/h3-5,8,10-13,16-19,25,32-33H,6-7,9,14-15,20-24H2,1-2H3,(H,39,45)/t32-,33+/m1/s1. The third kappa shape index (κ3) is 7.53. The van der Waals surface area contributed by atoms with E-state index in [-0.39, 0.29) is 24.1 Å². The van der Waals surface area contributed by atoms with Gasteiger partial charge in [0.2, 0.25) is 11.8 Å². The number of aryl methyl sites for hydroxylation is 1. The van der Waals surface area contributed by atoms with Gasteiger partial charge in [0.25, 0.3) is 5.91 Å². The molecule has 6 rings (SSSR count). The minimum Gasteiger partial charge on any atom is -0.497 e. The SMILES string of the molecule is COc1ccc(-c2cccc(C(=O)N3CCCC(=O)N4CCCC[C@H]4C(=O)N[C@H](Cc4ccccc4)c4nc(C)nn4CC3)c2)cc1. The quantitative estimate of drug-likeness (QED) is 0.332. The van der Waals surface area contributed by atoms with Gasteiger partial charge in [0, 0.05) is 31.6 Å². The number of carbonyl (C=O) groups is 3. The second-order valence-electron chi connectivity index (χ2n) is 12.3. The van der Waals surface area contributed by atoms with Crippen molar-refractivity contribution in [2.24, 2.45) is 0 Å². The number of methoxy groups -OCH3 is 1. The third-order valence-electron chi connectivity index (χ3n) is 9.06. The Bertz CT molecular complexity index is 1700. The van der Waals surface area contributed by atoms with Gasteiger partial charge in [-0.1, -0.05) is 54.6 Å². The number of carbonyl (C=O) groups excluding carboxylic acids is 3. The number of rotatable bonds is 5. The Kier molecular flexibility index (Phi) is 9.94. The highest BCUT2D eigenvalue weighted by Gasteiger charge is 2.34. The highest BCUT2D eigenvalue weighted by atomic mass is 16.5. The molecule has 10 nitrogen and oxygen atoms in total. The summed E-state index contributed by atoms with van der Waals surface area (Å²) in [5, 5.41) is 7.96. The van der Waals surface area contributed by atoms with Crippen molar-refractivity contribution in [3.05, 3.63) is 102 Å². The van der Waals surface area contributed by atoms with Crippen LogP contribution in [0.25, 0.3) is 11.1 Å². The van der Waals surface area contributed by atoms with Gasteiger partial charge in [-0.3, -0.25) is 14.4 Å². The van der Waals surface area contributed by atoms with Gasteiger partial charge >= 0.3 is 0 Å². The first-order valence-electron chi connectivity index (χ1n) is 16.5. The molecule has 47 heavy (non-hydrogen) atoms. The number of piperidine rings is 1. The van der Waals surface area contributed by atoms with Gasteiger partial charge in [-0.05, 0) is 80.0 Å². The molecule has 10 heteroatoms. The topological polar surface area (TPSA) is 110 Å². The number of ether oxygens (including phenoxy) is 1. The molecule has 2 aliphatic rings. The molecule has 1 aromatic heterocycles. The van der Waals surface area contributed by atoms with E-state index in [1.807, 2.05) is 95.4 Å². The predicted octanol–water partition coefficient (Wildman–Crippen LogP) is 4.98. The third-order valence-corrected chi connectivity index (χ3v) is 9.06. The summed E-state index contributed by atoms with van der Waals surface area (Å²) in [6.07, 6.45) is 3.65. The summed E-state index contributed by atoms with van der Waals surface area (Å²) >= 11 is 0. The Morgan fingerprint density at radius 1 is 0.894 bits per heavy atom. The number of hydrogen-bond donors (Lipinski definition) is 1. The monoisotopic (exact) mass is 634 g/mol. The smallest absolute Gasteiger partial charge is 0.253 e. The van der Waals surface area contributed by atoms with E-state index in [9.17, 15) is 14.4 Å². The van der Waals surface area contributed by atoms with E-state index in [0.717, 1.165) is 35.3 Å². The van der Waals surface area contributed by atoms with Crippen LogP contribution in [0.4, 0.5) is 0 Å². The van der Waals surface area contributed by atoms with Crippen molar-refractivity contribution in [2.75, 3.05) is 26.7 Å². The Morgan fingerprint density at radius 3 is 2.49 bits per heavy atom. The zero-order chi connectivity index (χ0) is 32.8. The van der Waals surface area contributed by atoms with Crippen molar-refractivity contribution in [3.8, 4) is 16.9 Å². The maximum absolute atomic E-state index is 14.1. The molecular formula is C37H42N6O4. The van der Waals surface area contributed by atoms with Crippen LogP contribution in [0.2, 0.25) is 0 Å². The van der Waals surface area contributed by atoms with E-state index in [1.54, 1.807) is 12.0 Å². The molecule has 2 atom stereocenters. The van der Waals surface area contributed by atoms with Crippen LogP contribution < -0.4 is 10.1 Å². The first-order valence-corrected chi connectivity index (χ1v) is 16.5. The largest absolute Gasteiger partial charge is 0.497 e. The van der Waals surface area contributed by atoms with Gasteiger partial charge in [0.15, 0.2) is 0 Å². The van der Waals surface area contributed by atoms with Crippen LogP contribution in [0.1, 0.15) is 65.7 Å². The van der Waals surface area contributed by atoms with Crippen LogP contribution in [0.15, 0.2) is 78.9 Å². The van der Waals surface area contributed by atoms with Crippen LogP contribution in [-0.2, 0) is 22.6 Å². The molecule has 0 aliphatic carbocycles. The second-order valence-corrected chi connectivity index (χ2v) is 12.3. The summed E-state index contributed by atoms with van der Waals surface area (Å²) in [6.45, 7) is 3.55. The maximum atomic E-state index is 14.1. The molecule has 3 amide bonds. The lowest BCUT2D eigenvalue weighted by molar-refractivity contribution is -0.142. The van der Waals surface area contributed by atoms with Crippen molar-refractivity contribution in [2.45, 2.75) is 64.1 Å². The van der Waals surface area contributed by atoms with Crippen LogP contribution in [-0.4, -0.2) is 75.1 Å². The van der Waals surface area contributed by atoms with Crippen molar-refractivity contribution in [1.82, 2.24) is 29.9 Å². The van der Waals surface area contributed by atoms with Crippen LogP contribution >= 0.6 is 0 Å². The van der Waals surface area contributed by atoms with E-state index in [0.29, 0.717) is 62.7 Å². The summed E-state index contributed by atoms with van der Waals surface area (Å²) < 4.78 is 7.13. The fraction of sp³-hybridized carbons (Fsp3) is 0.378. The number of hydrogen-bond acceptors (Lipinski definition) is 6. The molecule has 3 heterocycles. The molecule has 0 bridgehead atoms. The van der Waals surface area contributed by atoms with Gasteiger partial charge in [0.1, 0.15) is 23.4 Å². The zero-order valence-corrected chi connectivity index (χ0v) is 27.1. The molecule has 2 aliphatic heterocycles. The van der Waals surface area contributed by atoms with E-state index in [4.69, 9.17) is 14.8 Å². The maximum Gasteiger partial charge on any atom is 0.253 e. The first kappa shape index (κ1) is 32.0. The second kappa shape index (κ2) is 14.6. The van der Waals surface area contributed by atoms with E-state index in [1.165, 1.54) is 0 Å². The number of amides is 3. The Balaban J connectivity index is 1.31. The van der Waals surface area contributed by atoms with Gasteiger partial charge in [-0.25, -0.2) is 9.67 Å². The molecule has 0 radical (unpaired) electrons. The lowest BCUT2D eigenvalue weighted by Crippen LogP contribution is -2.53. The highest BCUT2D eigenvalue weighted by Crippen LogP contribution is 2.26. The molecule has 244 valence electrons. The minimum absolute atomic E-state index is 0.0468. The summed E-state index contributed by atoms with van der Waals surface area (Å²) in [6, 6.07) is 24.4. The Morgan fingerprint density at radius 2 is 1.70 bits per heavy atom. The van der Waals surface area contributed by atoms with Crippen molar-refractivity contribution in [1.29, 1.82) is 0 Å². The Labute approximate surface area is 275 Å². The van der Waals surface area contributed by atoms with Crippen molar-refractivity contribution in [3.63, 3.8) is 0 Å². The number of fused-ring (bicyclic) bond motifs is 2. The van der Waals surface area contributed by atoms with E-state index in [2.05, 4.69) is 5.32 Å². The zero-order valence-electron chi connectivity index (χ0n) is 27.1. The van der Waals surface area contributed by atoms with Gasteiger partial charge in [-0.2, -0.15) is 5.10 Å². The average molecular weight is 635 g/mol. The minimum atomic E-state index is -0.534. The van der Waals surface area contributed by atoms with Crippen molar-refractivity contribution < 1.29 is 19.1 Å². The first-order chi connectivity index (χ1) is 22.9. The van der Waals surface area contributed by atoms with E-state index < -0.39 is 12.1 Å². The molecule has 1 N–H and O–H groups in total. The van der Waals surface area contributed by atoms with Crippen LogP contribution in [0.3, 0.4) is 0 Å². The van der Waals surface area contributed by atoms with Crippen molar-refractivity contribution >= 4 is 17.7 Å². The molecule has 4 aromatic rings. The summed E-state index contributed by atoms with van der Waals surface area (Å²) in [7, 11) is 1.64. The molecule has 1 saturated heterocycles. The average Bonchev–Trinajstić information content (AvgIpc) is 3.49. The predicted molar refractivity (Wildman–Crippen MR) is 179 cm³/mol. The van der Waals surface area contributed by atoms with E-state index >= 15 is 0 Å². The fourth-order valence-corrected chi connectivity index (χ4v) is 6.61. The number of nitrogens with zero attached hydrogens (tertiary/aromatic N) is 5. The molecule has 0 saturated carbocycles. The summed E-state index contributed by atoms with van der Waals surface area (Å²) in [4.78, 5) is 49.8. The fourth-order valence-electron chi connectivity index (χ4n) is 6.61. The molecule has 1 fully saturated rings. The number of benzene rings is 3. The van der Waals surface area contributed by atoms with Crippen LogP contribution in [0.5, 0.6) is 5.75 Å². The van der Waals surface area contributed by atoms with Gasteiger partial charge in [-0.15, -0.1) is 0 Å².